The molecule has 1 aliphatic carbocycles. The van der Waals surface area contributed by atoms with Gasteiger partial charge in [-0.15, -0.1) is 0 Å². The van der Waals surface area contributed by atoms with Crippen molar-refractivity contribution in [1.29, 1.82) is 0 Å². The molecule has 2 aromatic heterocycles. The Hall–Kier alpha value is -6.88. The fourth-order valence-electron chi connectivity index (χ4n) is 9.21. The molecule has 0 spiro atoms. The van der Waals surface area contributed by atoms with Gasteiger partial charge >= 0.3 is 6.09 Å². The lowest BCUT2D eigenvalue weighted by atomic mass is 9.83. The number of aromatic nitrogens is 4. The summed E-state index contributed by atoms with van der Waals surface area (Å²) in [4.78, 5) is 65.6. The Morgan fingerprint density at radius 2 is 1.51 bits per heavy atom. The van der Waals surface area contributed by atoms with Gasteiger partial charge < -0.3 is 49.6 Å². The average molecular weight is 1100 g/mol. The van der Waals surface area contributed by atoms with Crippen molar-refractivity contribution in [3.8, 4) is 11.5 Å². The number of likely N-dealkylation sites (N-methyl/N-ethyl adjacent to an activating group) is 1. The van der Waals surface area contributed by atoms with E-state index < -0.39 is 56.0 Å². The molecule has 0 bridgehead atoms. The molecule has 0 unspecified atom stereocenters. The number of nitrogens with zero attached hydrogens (tertiary/aromatic N) is 5. The van der Waals surface area contributed by atoms with Gasteiger partial charge in [0.1, 0.15) is 59.9 Å². The maximum atomic E-state index is 14.8. The van der Waals surface area contributed by atoms with E-state index in [4.69, 9.17) is 23.7 Å². The first-order valence-corrected chi connectivity index (χ1v) is 27.8. The van der Waals surface area contributed by atoms with Crippen molar-refractivity contribution in [2.75, 3.05) is 65.2 Å². The second-order valence-electron chi connectivity index (χ2n) is 21.8. The number of benzene rings is 3. The molecule has 4 amide bonds. The molecule has 0 saturated carbocycles. The number of amides is 4. The van der Waals surface area contributed by atoms with Gasteiger partial charge in [-0.25, -0.2) is 23.2 Å². The fraction of sp³-hybridized carbons (Fsp3) is 0.518. The average Bonchev–Trinajstić information content (AvgIpc) is 3.77. The number of sulfone groups is 1. The van der Waals surface area contributed by atoms with Crippen LogP contribution in [0.15, 0.2) is 65.8 Å². The Bertz CT molecular complexity index is 3060. The van der Waals surface area contributed by atoms with Gasteiger partial charge in [-0.05, 0) is 107 Å². The smallest absolute Gasteiger partial charge is 0.407 e. The molecular formula is C56H75N9O12S. The maximum absolute atomic E-state index is 14.8. The number of fused-ring (bicyclic) bond motifs is 3. The summed E-state index contributed by atoms with van der Waals surface area (Å²) in [6.45, 7) is 17.6. The third-order valence-electron chi connectivity index (χ3n) is 14.3. The van der Waals surface area contributed by atoms with Crippen LogP contribution in [0.1, 0.15) is 101 Å². The van der Waals surface area contributed by atoms with Gasteiger partial charge in [0.2, 0.25) is 17.7 Å². The Morgan fingerprint density at radius 3 is 2.15 bits per heavy atom. The quantitative estimate of drug-likeness (QED) is 0.0423. The Kier molecular flexibility index (Phi) is 19.1. The molecule has 0 fully saturated rings. The van der Waals surface area contributed by atoms with Gasteiger partial charge in [-0.2, -0.15) is 5.10 Å². The van der Waals surface area contributed by atoms with E-state index in [1.807, 2.05) is 71.0 Å². The van der Waals surface area contributed by atoms with Crippen LogP contribution in [-0.2, 0) is 57.8 Å². The van der Waals surface area contributed by atoms with Crippen molar-refractivity contribution >= 4 is 56.2 Å². The number of aryl methyl sites for hydroxylation is 2. The van der Waals surface area contributed by atoms with E-state index in [0.29, 0.717) is 41.5 Å². The zero-order valence-corrected chi connectivity index (χ0v) is 47.2. The van der Waals surface area contributed by atoms with Crippen LogP contribution in [0.5, 0.6) is 11.5 Å². The molecule has 7 rings (SSSR count). The lowest BCUT2D eigenvalue weighted by Gasteiger charge is -2.42. The summed E-state index contributed by atoms with van der Waals surface area (Å²) in [7, 11) is -2.57. The third kappa shape index (κ3) is 14.0. The molecule has 22 heteroatoms. The van der Waals surface area contributed by atoms with Gasteiger partial charge in [0, 0.05) is 42.7 Å². The van der Waals surface area contributed by atoms with Crippen LogP contribution in [0, 0.1) is 19.3 Å². The third-order valence-corrected chi connectivity index (χ3v) is 16.8. The van der Waals surface area contributed by atoms with Gasteiger partial charge in [0.15, 0.2) is 15.7 Å². The highest BCUT2D eigenvalue weighted by atomic mass is 32.2. The molecule has 3 aromatic carbocycles. The number of carbonyl (C=O) groups is 4. The van der Waals surface area contributed by atoms with Crippen LogP contribution in [0.4, 0.5) is 16.4 Å². The van der Waals surface area contributed by atoms with E-state index in [9.17, 15) is 32.7 Å². The number of hydrogen-bond acceptors (Lipinski definition) is 15. The maximum Gasteiger partial charge on any atom is 0.407 e. The summed E-state index contributed by atoms with van der Waals surface area (Å²) in [5.41, 5.74) is 5.39. The predicted octanol–water partition coefficient (Wildman–Crippen LogP) is 6.77. The van der Waals surface area contributed by atoms with Crippen LogP contribution < -0.4 is 25.4 Å². The topological polar surface area (TPSA) is 266 Å². The van der Waals surface area contributed by atoms with Gasteiger partial charge in [-0.3, -0.25) is 24.4 Å². The number of ether oxygens (including phenoxy) is 5. The molecule has 3 heterocycles. The van der Waals surface area contributed by atoms with Crippen LogP contribution in [0.2, 0.25) is 0 Å². The van der Waals surface area contributed by atoms with Gasteiger partial charge in [0.25, 0.3) is 0 Å². The van der Waals surface area contributed by atoms with Crippen LogP contribution >= 0.6 is 0 Å². The van der Waals surface area contributed by atoms with Gasteiger partial charge in [0.05, 0.1) is 55.9 Å². The van der Waals surface area contributed by atoms with E-state index in [1.54, 1.807) is 26.8 Å². The highest BCUT2D eigenvalue weighted by Crippen LogP contribution is 2.38. The minimum Gasteiger partial charge on any atom is -0.491 e. The SMILES string of the molecule is Cc1[nH]nc(Nc2ncnc3cc(OCCOCCOCCOCCOc4ccc5c(c4)CN(C(=O)[C@@H](NC(=O)[C@H](C)N(C)C(=O)O)C(C)(C)C)[C@H](C(=O)N[C@@H]4CCCc6ccccc64)C5)c(S(=O)(=O)C(C)(C)C)cc23)c1C. The summed E-state index contributed by atoms with van der Waals surface area (Å²) in [6.07, 6.45) is 2.93. The lowest BCUT2D eigenvalue weighted by molar-refractivity contribution is -0.147. The highest BCUT2D eigenvalue weighted by molar-refractivity contribution is 7.92. The van der Waals surface area contributed by atoms with E-state index in [0.717, 1.165) is 52.1 Å². The van der Waals surface area contributed by atoms with Crippen LogP contribution in [-0.4, -0.2) is 150 Å². The first kappa shape index (κ1) is 58.8. The number of rotatable bonds is 23. The molecule has 0 saturated heterocycles. The van der Waals surface area contributed by atoms with E-state index >= 15 is 0 Å². The van der Waals surface area contributed by atoms with Crippen molar-refractivity contribution in [1.82, 2.24) is 40.6 Å². The summed E-state index contributed by atoms with van der Waals surface area (Å²) < 4.78 is 55.8. The Labute approximate surface area is 456 Å². The molecule has 21 nitrogen and oxygen atoms in total. The van der Waals surface area contributed by atoms with Crippen molar-refractivity contribution in [3.63, 3.8) is 0 Å². The summed E-state index contributed by atoms with van der Waals surface area (Å²) in [6, 6.07) is 13.5. The monoisotopic (exact) mass is 1100 g/mol. The first-order chi connectivity index (χ1) is 37.0. The normalized spacial score (nSPS) is 16.4. The molecule has 422 valence electrons. The van der Waals surface area contributed by atoms with Crippen LogP contribution in [0.25, 0.3) is 10.9 Å². The van der Waals surface area contributed by atoms with Crippen molar-refractivity contribution in [2.45, 2.75) is 128 Å². The lowest BCUT2D eigenvalue weighted by Crippen LogP contribution is -2.62. The molecule has 0 radical (unpaired) electrons. The first-order valence-electron chi connectivity index (χ1n) is 26.3. The van der Waals surface area contributed by atoms with Gasteiger partial charge in [-0.1, -0.05) is 51.1 Å². The van der Waals surface area contributed by atoms with E-state index in [2.05, 4.69) is 42.2 Å². The number of hydrogen-bond donors (Lipinski definition) is 5. The zero-order chi connectivity index (χ0) is 56.5. The number of carboxylic acid groups (broad SMARTS) is 1. The largest absolute Gasteiger partial charge is 0.491 e. The summed E-state index contributed by atoms with van der Waals surface area (Å²) in [5, 5.41) is 26.6. The number of carbonyl (C=O) groups excluding carboxylic acids is 3. The molecule has 2 aliphatic rings. The summed E-state index contributed by atoms with van der Waals surface area (Å²) >= 11 is 0. The molecule has 5 aromatic rings. The molecule has 78 heavy (non-hydrogen) atoms. The highest BCUT2D eigenvalue weighted by Gasteiger charge is 2.44. The molecule has 5 N–H and O–H groups in total. The fourth-order valence-corrected chi connectivity index (χ4v) is 10.5. The van der Waals surface area contributed by atoms with Crippen LogP contribution in [0.3, 0.4) is 0 Å². The standard InChI is InChI=1S/C56H75N9O12S/c1-34-35(2)62-63-49(34)61-50-42-30-47(78(71,72)56(7,8)9)46(31-44(42)57-33-58-50)77-27-25-75-23-21-73-20-22-74-24-26-76-40-19-18-38-29-45(52(67)59-43-17-13-15-37-14-11-12-16-41(37)43)65(32-39(38)28-40)53(68)48(55(4,5)6)60-51(66)36(3)64(10)54(69)70/h11-12,14,16,18-19,28,30-31,33,36,43,45,48H,13,15,17,20-27,29,32H2,1-10H3,(H,59,67)(H,60,66)(H,69,70)(H2,57,58,61,62,63)/t36-,43+,45-,48+/m0/s1. The second kappa shape index (κ2) is 25.3. The number of nitrogens with one attached hydrogen (secondary N) is 4. The van der Waals surface area contributed by atoms with E-state index in [1.165, 1.54) is 36.8 Å². The number of aromatic amines is 1. The zero-order valence-electron chi connectivity index (χ0n) is 46.4. The van der Waals surface area contributed by atoms with E-state index in [-0.39, 0.29) is 75.2 Å². The number of H-pyrrole nitrogens is 1. The minimum atomic E-state index is -3.86. The molecular weight excluding hydrogens is 1020 g/mol. The molecule has 4 atom stereocenters. The van der Waals surface area contributed by atoms with Crippen molar-refractivity contribution in [2.24, 2.45) is 5.41 Å². The van der Waals surface area contributed by atoms with Crippen molar-refractivity contribution in [3.05, 3.63) is 94.4 Å². The van der Waals surface area contributed by atoms with Crippen molar-refractivity contribution < 1.29 is 56.4 Å². The summed E-state index contributed by atoms with van der Waals surface area (Å²) in [5.74, 6) is 0.292. The Morgan fingerprint density at radius 1 is 0.846 bits per heavy atom. The Balaban J connectivity index is 0.887. The number of anilines is 2. The predicted molar refractivity (Wildman–Crippen MR) is 293 cm³/mol. The second-order valence-corrected chi connectivity index (χ2v) is 24.5. The minimum absolute atomic E-state index is 0.0141. The molecule has 1 aliphatic heterocycles.